The number of aryl methyl sites for hydroxylation is 2. The number of ether oxygens (including phenoxy) is 1. The number of hydrogen-bond acceptors (Lipinski definition) is 2. The second kappa shape index (κ2) is 8.48. The Balaban J connectivity index is 0.000000211. The van der Waals surface area contributed by atoms with Gasteiger partial charge in [0.2, 0.25) is 0 Å². The van der Waals surface area contributed by atoms with Crippen LogP contribution in [0.3, 0.4) is 0 Å². The molecule has 21 heavy (non-hydrogen) atoms. The van der Waals surface area contributed by atoms with Gasteiger partial charge < -0.3 is 4.74 Å². The fraction of sp³-hybridized carbons (Fsp3) is 0.278. The molecular weight excluding hydrogens is 284 g/mol. The highest BCUT2D eigenvalue weighted by atomic mass is 35.5. The summed E-state index contributed by atoms with van der Waals surface area (Å²) in [6.45, 7) is 8.24. The molecule has 2 rings (SSSR count). The molecule has 0 saturated heterocycles. The summed E-state index contributed by atoms with van der Waals surface area (Å²) < 4.78 is 5.26. The Morgan fingerprint density at radius 2 is 1.62 bits per heavy atom. The average molecular weight is 305 g/mol. The van der Waals surface area contributed by atoms with Gasteiger partial charge in [-0.1, -0.05) is 40.9 Å². The fourth-order valence-corrected chi connectivity index (χ4v) is 1.96. The second-order valence-electron chi connectivity index (χ2n) is 4.79. The van der Waals surface area contributed by atoms with Crippen molar-refractivity contribution in [2.24, 2.45) is 0 Å². The third kappa shape index (κ3) is 6.01. The molecule has 112 valence electrons. The van der Waals surface area contributed by atoms with Crippen molar-refractivity contribution in [3.63, 3.8) is 0 Å². The van der Waals surface area contributed by atoms with E-state index < -0.39 is 0 Å². The smallest absolute Gasteiger partial charge is 0.161 e. The largest absolute Gasteiger partial charge is 0.494 e. The maximum atomic E-state index is 10.9. The van der Waals surface area contributed by atoms with Gasteiger partial charge in [0.1, 0.15) is 5.75 Å². The Kier molecular flexibility index (Phi) is 6.97. The van der Waals surface area contributed by atoms with Crippen LogP contribution < -0.4 is 4.74 Å². The molecule has 0 radical (unpaired) electrons. The lowest BCUT2D eigenvalue weighted by atomic mass is 10.1. The van der Waals surface area contributed by atoms with Gasteiger partial charge >= 0.3 is 0 Å². The molecule has 2 nitrogen and oxygen atoms in total. The first-order chi connectivity index (χ1) is 9.93. The van der Waals surface area contributed by atoms with Crippen molar-refractivity contribution in [3.05, 3.63) is 64.2 Å². The monoisotopic (exact) mass is 304 g/mol. The van der Waals surface area contributed by atoms with Crippen molar-refractivity contribution in [1.82, 2.24) is 0 Å². The molecule has 2 aromatic rings. The zero-order chi connectivity index (χ0) is 15.8. The van der Waals surface area contributed by atoms with Gasteiger partial charge in [-0.25, -0.2) is 0 Å². The van der Waals surface area contributed by atoms with Crippen LogP contribution in [0.15, 0.2) is 42.5 Å². The molecule has 0 aromatic heterocycles. The van der Waals surface area contributed by atoms with E-state index in [1.54, 1.807) is 12.1 Å². The van der Waals surface area contributed by atoms with Crippen molar-refractivity contribution >= 4 is 17.4 Å². The fourth-order valence-electron chi connectivity index (χ4n) is 1.71. The van der Waals surface area contributed by atoms with Gasteiger partial charge in [0.15, 0.2) is 5.78 Å². The first-order valence-corrected chi connectivity index (χ1v) is 7.28. The quantitative estimate of drug-likeness (QED) is 0.724. The summed E-state index contributed by atoms with van der Waals surface area (Å²) in [6, 6.07) is 13.5. The first kappa shape index (κ1) is 17.3. The van der Waals surface area contributed by atoms with Crippen LogP contribution in [0.2, 0.25) is 5.02 Å². The standard InChI is InChI=1S/C9H9ClO.C9H12O/c1-6-3-4-9(10)8(5-6)7(2)11;1-3-10-9-6-4-8(2)5-7-9/h3-5H,1-2H3;4-7H,3H2,1-2H3. The van der Waals surface area contributed by atoms with Crippen LogP contribution in [0.1, 0.15) is 35.3 Å². The van der Waals surface area contributed by atoms with Gasteiger partial charge in [-0.05, 0) is 52.0 Å². The zero-order valence-electron chi connectivity index (χ0n) is 12.9. The lowest BCUT2D eigenvalue weighted by Gasteiger charge is -2.01. The molecule has 2 aromatic carbocycles. The van der Waals surface area contributed by atoms with E-state index in [2.05, 4.69) is 6.92 Å². The summed E-state index contributed by atoms with van der Waals surface area (Å²) in [5, 5.41) is 0.531. The molecule has 0 unspecified atom stereocenters. The molecule has 3 heteroatoms. The number of halogens is 1. The highest BCUT2D eigenvalue weighted by Gasteiger charge is 2.03. The highest BCUT2D eigenvalue weighted by molar-refractivity contribution is 6.33. The molecule has 0 aliphatic carbocycles. The Morgan fingerprint density at radius 1 is 1.05 bits per heavy atom. The SMILES string of the molecule is CC(=O)c1cc(C)ccc1Cl.CCOc1ccc(C)cc1. The van der Waals surface area contributed by atoms with Crippen LogP contribution >= 0.6 is 11.6 Å². The van der Waals surface area contributed by atoms with E-state index >= 15 is 0 Å². The number of rotatable bonds is 3. The van der Waals surface area contributed by atoms with Crippen molar-refractivity contribution in [2.45, 2.75) is 27.7 Å². The third-order valence-corrected chi connectivity index (χ3v) is 3.16. The summed E-state index contributed by atoms with van der Waals surface area (Å²) in [5.41, 5.74) is 2.93. The number of ketones is 1. The topological polar surface area (TPSA) is 26.3 Å². The Hall–Kier alpha value is -1.80. The highest BCUT2D eigenvalue weighted by Crippen LogP contribution is 2.17. The number of Topliss-reactive ketones (excluding diaryl/α,β-unsaturated/α-hetero) is 1. The van der Waals surface area contributed by atoms with E-state index in [9.17, 15) is 4.79 Å². The lowest BCUT2D eigenvalue weighted by Crippen LogP contribution is -1.93. The molecule has 0 N–H and O–H groups in total. The Bertz CT molecular complexity index is 589. The first-order valence-electron chi connectivity index (χ1n) is 6.90. The molecule has 0 amide bonds. The Labute approximate surface area is 131 Å². The van der Waals surface area contributed by atoms with E-state index in [0.29, 0.717) is 10.6 Å². The van der Waals surface area contributed by atoms with Crippen LogP contribution in [0, 0.1) is 13.8 Å². The minimum absolute atomic E-state index is 0.0127. The maximum absolute atomic E-state index is 10.9. The van der Waals surface area contributed by atoms with Crippen molar-refractivity contribution in [1.29, 1.82) is 0 Å². The van der Waals surface area contributed by atoms with Gasteiger partial charge in [0.05, 0.1) is 11.6 Å². The van der Waals surface area contributed by atoms with E-state index in [1.165, 1.54) is 12.5 Å². The molecule has 0 atom stereocenters. The molecule has 0 bridgehead atoms. The summed E-state index contributed by atoms with van der Waals surface area (Å²) >= 11 is 5.77. The number of benzene rings is 2. The van der Waals surface area contributed by atoms with Gasteiger partial charge in [-0.15, -0.1) is 0 Å². The maximum Gasteiger partial charge on any atom is 0.161 e. The molecule has 0 spiro atoms. The van der Waals surface area contributed by atoms with Gasteiger partial charge in [0.25, 0.3) is 0 Å². The Morgan fingerprint density at radius 3 is 2.10 bits per heavy atom. The number of carbonyl (C=O) groups excluding carboxylic acids is 1. The molecule has 0 aliphatic rings. The molecule has 0 heterocycles. The lowest BCUT2D eigenvalue weighted by molar-refractivity contribution is 0.101. The summed E-state index contributed by atoms with van der Waals surface area (Å²) in [4.78, 5) is 10.9. The van der Waals surface area contributed by atoms with Crippen LogP contribution in [0.25, 0.3) is 0 Å². The predicted octanol–water partition coefficient (Wildman–Crippen LogP) is 5.24. The summed E-state index contributed by atoms with van der Waals surface area (Å²) in [5.74, 6) is 0.965. The van der Waals surface area contributed by atoms with Gasteiger partial charge in [-0.2, -0.15) is 0 Å². The summed E-state index contributed by atoms with van der Waals surface area (Å²) in [7, 11) is 0. The number of hydrogen-bond donors (Lipinski definition) is 0. The van der Waals surface area contributed by atoms with E-state index in [4.69, 9.17) is 16.3 Å². The zero-order valence-corrected chi connectivity index (χ0v) is 13.7. The predicted molar refractivity (Wildman–Crippen MR) is 88.5 cm³/mol. The molecule has 0 fully saturated rings. The van der Waals surface area contributed by atoms with Crippen molar-refractivity contribution in [3.8, 4) is 5.75 Å². The van der Waals surface area contributed by atoms with E-state index in [0.717, 1.165) is 17.9 Å². The van der Waals surface area contributed by atoms with Crippen LogP contribution in [-0.2, 0) is 0 Å². The van der Waals surface area contributed by atoms with Crippen LogP contribution in [-0.4, -0.2) is 12.4 Å². The number of carbonyl (C=O) groups is 1. The average Bonchev–Trinajstić information content (AvgIpc) is 2.45. The van der Waals surface area contributed by atoms with E-state index in [-0.39, 0.29) is 5.78 Å². The van der Waals surface area contributed by atoms with Gasteiger partial charge in [0, 0.05) is 5.56 Å². The molecule has 0 saturated carbocycles. The second-order valence-corrected chi connectivity index (χ2v) is 5.19. The minimum Gasteiger partial charge on any atom is -0.494 e. The summed E-state index contributed by atoms with van der Waals surface area (Å²) in [6.07, 6.45) is 0. The van der Waals surface area contributed by atoms with Crippen molar-refractivity contribution < 1.29 is 9.53 Å². The minimum atomic E-state index is 0.0127. The molecule has 0 aliphatic heterocycles. The molecular formula is C18H21ClO2. The van der Waals surface area contributed by atoms with E-state index in [1.807, 2.05) is 44.2 Å². The normalized spacial score (nSPS) is 9.57. The van der Waals surface area contributed by atoms with Crippen LogP contribution in [0.4, 0.5) is 0 Å². The van der Waals surface area contributed by atoms with Crippen LogP contribution in [0.5, 0.6) is 5.75 Å². The van der Waals surface area contributed by atoms with Crippen molar-refractivity contribution in [2.75, 3.05) is 6.61 Å². The third-order valence-electron chi connectivity index (χ3n) is 2.83. The van der Waals surface area contributed by atoms with Gasteiger partial charge in [-0.3, -0.25) is 4.79 Å².